The third kappa shape index (κ3) is 1.32. The van der Waals surface area contributed by atoms with Crippen molar-refractivity contribution in [2.24, 2.45) is 0 Å². The lowest BCUT2D eigenvalue weighted by molar-refractivity contribution is 0.412. The lowest BCUT2D eigenvalue weighted by Gasteiger charge is -2.23. The van der Waals surface area contributed by atoms with Gasteiger partial charge in [-0.15, -0.1) is 0 Å². The Labute approximate surface area is 73.5 Å². The van der Waals surface area contributed by atoms with E-state index in [0.717, 1.165) is 5.69 Å². The molecule has 1 fully saturated rings. The van der Waals surface area contributed by atoms with Crippen LogP contribution in [0.3, 0.4) is 0 Å². The number of H-pyrrole nitrogens is 1. The van der Waals surface area contributed by atoms with Crippen LogP contribution in [0.1, 0.15) is 30.9 Å². The SMILES string of the molecule is O=S(O)c1c[nH]c(C2CCC2)c1. The topological polar surface area (TPSA) is 53.1 Å². The van der Waals surface area contributed by atoms with Crippen LogP contribution in [-0.4, -0.2) is 13.7 Å². The Kier molecular flexibility index (Phi) is 2.02. The minimum absolute atomic E-state index is 0.483. The molecule has 1 unspecified atom stereocenters. The molecule has 0 saturated heterocycles. The van der Waals surface area contributed by atoms with Crippen molar-refractivity contribution >= 4 is 11.1 Å². The lowest BCUT2D eigenvalue weighted by atomic mass is 9.83. The highest BCUT2D eigenvalue weighted by molar-refractivity contribution is 7.79. The van der Waals surface area contributed by atoms with Crippen LogP contribution in [0.5, 0.6) is 0 Å². The maximum absolute atomic E-state index is 10.6. The zero-order valence-electron chi connectivity index (χ0n) is 6.62. The fourth-order valence-electron chi connectivity index (χ4n) is 1.45. The first-order valence-corrected chi connectivity index (χ1v) is 5.17. The van der Waals surface area contributed by atoms with Crippen molar-refractivity contribution in [2.75, 3.05) is 0 Å². The average Bonchev–Trinajstić information content (AvgIpc) is 2.32. The van der Waals surface area contributed by atoms with Gasteiger partial charge in [-0.1, -0.05) is 6.42 Å². The summed E-state index contributed by atoms with van der Waals surface area (Å²) in [4.78, 5) is 3.52. The van der Waals surface area contributed by atoms with E-state index >= 15 is 0 Å². The molecule has 4 heteroatoms. The fraction of sp³-hybridized carbons (Fsp3) is 0.500. The molecule has 3 nitrogen and oxygen atoms in total. The number of nitrogens with one attached hydrogen (secondary N) is 1. The zero-order chi connectivity index (χ0) is 8.55. The van der Waals surface area contributed by atoms with Crippen molar-refractivity contribution in [3.05, 3.63) is 18.0 Å². The quantitative estimate of drug-likeness (QED) is 0.691. The molecule has 1 aliphatic carbocycles. The molecule has 1 heterocycles. The number of aromatic nitrogens is 1. The van der Waals surface area contributed by atoms with Crippen molar-refractivity contribution < 1.29 is 8.76 Å². The predicted molar refractivity (Wildman–Crippen MR) is 46.4 cm³/mol. The largest absolute Gasteiger partial charge is 0.364 e. The highest BCUT2D eigenvalue weighted by Crippen LogP contribution is 2.35. The van der Waals surface area contributed by atoms with Crippen LogP contribution in [0.15, 0.2) is 17.2 Å². The van der Waals surface area contributed by atoms with Crippen LogP contribution in [0, 0.1) is 0 Å². The van der Waals surface area contributed by atoms with E-state index in [1.54, 1.807) is 12.3 Å². The summed E-state index contributed by atoms with van der Waals surface area (Å²) in [5, 5.41) is 0. The highest BCUT2D eigenvalue weighted by atomic mass is 32.2. The molecule has 0 aromatic carbocycles. The first-order valence-electron chi connectivity index (χ1n) is 4.06. The second-order valence-corrected chi connectivity index (χ2v) is 4.14. The maximum atomic E-state index is 10.6. The first-order chi connectivity index (χ1) is 5.77. The minimum Gasteiger partial charge on any atom is -0.364 e. The van der Waals surface area contributed by atoms with Gasteiger partial charge in [0.05, 0.1) is 4.90 Å². The summed E-state index contributed by atoms with van der Waals surface area (Å²) in [5.74, 6) is 0.599. The Bertz CT molecular complexity index is 304. The van der Waals surface area contributed by atoms with Gasteiger partial charge in [-0.05, 0) is 24.8 Å². The summed E-state index contributed by atoms with van der Waals surface area (Å²) in [6, 6.07) is 1.79. The number of hydrogen-bond acceptors (Lipinski definition) is 1. The van der Waals surface area contributed by atoms with Crippen molar-refractivity contribution in [3.8, 4) is 0 Å². The molecule has 0 aliphatic heterocycles. The van der Waals surface area contributed by atoms with E-state index in [9.17, 15) is 4.21 Å². The smallest absolute Gasteiger partial charge is 0.188 e. The van der Waals surface area contributed by atoms with E-state index in [0.29, 0.717) is 10.8 Å². The molecule has 1 aliphatic rings. The van der Waals surface area contributed by atoms with Gasteiger partial charge in [0.1, 0.15) is 0 Å². The Hall–Kier alpha value is -0.610. The third-order valence-electron chi connectivity index (χ3n) is 2.43. The van der Waals surface area contributed by atoms with Crippen LogP contribution in [0.25, 0.3) is 0 Å². The molecule has 2 rings (SSSR count). The molecule has 1 aromatic heterocycles. The van der Waals surface area contributed by atoms with Crippen LogP contribution in [-0.2, 0) is 11.1 Å². The normalized spacial score (nSPS) is 20.4. The Morgan fingerprint density at radius 3 is 2.75 bits per heavy atom. The Morgan fingerprint density at radius 1 is 1.58 bits per heavy atom. The van der Waals surface area contributed by atoms with E-state index in [1.165, 1.54) is 19.3 Å². The molecule has 0 radical (unpaired) electrons. The zero-order valence-corrected chi connectivity index (χ0v) is 7.43. The lowest BCUT2D eigenvalue weighted by Crippen LogP contribution is -2.08. The predicted octanol–water partition coefficient (Wildman–Crippen LogP) is 1.86. The van der Waals surface area contributed by atoms with Gasteiger partial charge in [-0.25, -0.2) is 4.21 Å². The summed E-state index contributed by atoms with van der Waals surface area (Å²) in [5.41, 5.74) is 1.11. The van der Waals surface area contributed by atoms with Crippen molar-refractivity contribution in [2.45, 2.75) is 30.1 Å². The second-order valence-electron chi connectivity index (χ2n) is 3.17. The summed E-state index contributed by atoms with van der Waals surface area (Å²) < 4.78 is 19.4. The molecule has 12 heavy (non-hydrogen) atoms. The minimum atomic E-state index is -1.83. The van der Waals surface area contributed by atoms with Gasteiger partial charge in [0.2, 0.25) is 0 Å². The molecule has 1 saturated carbocycles. The molecule has 0 bridgehead atoms. The fourth-order valence-corrected chi connectivity index (χ4v) is 1.83. The van der Waals surface area contributed by atoms with Gasteiger partial charge in [-0.3, -0.25) is 0 Å². The second kappa shape index (κ2) is 3.03. The highest BCUT2D eigenvalue weighted by Gasteiger charge is 2.21. The van der Waals surface area contributed by atoms with Crippen LogP contribution >= 0.6 is 0 Å². The van der Waals surface area contributed by atoms with Gasteiger partial charge in [0.25, 0.3) is 0 Å². The Morgan fingerprint density at radius 2 is 2.33 bits per heavy atom. The number of rotatable bonds is 2. The van der Waals surface area contributed by atoms with Crippen molar-refractivity contribution in [1.29, 1.82) is 0 Å². The van der Waals surface area contributed by atoms with Gasteiger partial charge in [-0.2, -0.15) is 0 Å². The summed E-state index contributed by atoms with van der Waals surface area (Å²) in [7, 11) is 0. The number of hydrogen-bond donors (Lipinski definition) is 2. The first kappa shape index (κ1) is 8.01. The average molecular weight is 185 g/mol. The standard InChI is InChI=1S/C8H11NO2S/c10-12(11)7-4-8(9-5-7)6-2-1-3-6/h4-6,9H,1-3H2,(H,10,11). The van der Waals surface area contributed by atoms with E-state index in [1.807, 2.05) is 0 Å². The van der Waals surface area contributed by atoms with Gasteiger partial charge < -0.3 is 9.54 Å². The van der Waals surface area contributed by atoms with Gasteiger partial charge in [0, 0.05) is 11.9 Å². The van der Waals surface area contributed by atoms with E-state index in [2.05, 4.69) is 4.98 Å². The molecule has 2 N–H and O–H groups in total. The van der Waals surface area contributed by atoms with Gasteiger partial charge in [0.15, 0.2) is 11.1 Å². The van der Waals surface area contributed by atoms with Gasteiger partial charge >= 0.3 is 0 Å². The van der Waals surface area contributed by atoms with Crippen molar-refractivity contribution in [1.82, 2.24) is 4.98 Å². The summed E-state index contributed by atoms with van der Waals surface area (Å²) >= 11 is -1.83. The molecule has 0 spiro atoms. The van der Waals surface area contributed by atoms with Crippen LogP contribution in [0.4, 0.5) is 0 Å². The van der Waals surface area contributed by atoms with Crippen molar-refractivity contribution in [3.63, 3.8) is 0 Å². The van der Waals surface area contributed by atoms with Crippen LogP contribution < -0.4 is 0 Å². The molecule has 1 atom stereocenters. The summed E-state index contributed by atoms with van der Waals surface area (Å²) in [6.07, 6.45) is 5.31. The maximum Gasteiger partial charge on any atom is 0.188 e. The molecular weight excluding hydrogens is 174 g/mol. The molecule has 1 aromatic rings. The molecular formula is C8H11NO2S. The van der Waals surface area contributed by atoms with E-state index < -0.39 is 11.1 Å². The van der Waals surface area contributed by atoms with E-state index in [-0.39, 0.29) is 0 Å². The number of aromatic amines is 1. The molecule has 0 amide bonds. The van der Waals surface area contributed by atoms with E-state index in [4.69, 9.17) is 4.55 Å². The Balaban J connectivity index is 2.17. The molecule has 66 valence electrons. The monoisotopic (exact) mass is 185 g/mol. The summed E-state index contributed by atoms with van der Waals surface area (Å²) in [6.45, 7) is 0. The third-order valence-corrected chi connectivity index (χ3v) is 3.06. The van der Waals surface area contributed by atoms with Crippen LogP contribution in [0.2, 0.25) is 0 Å².